The largest absolute Gasteiger partial charge is 0.237 e. The van der Waals surface area contributed by atoms with Gasteiger partial charge in [0.25, 0.3) is 0 Å². The van der Waals surface area contributed by atoms with Crippen molar-refractivity contribution in [2.24, 2.45) is 0 Å². The lowest BCUT2D eigenvalue weighted by molar-refractivity contribution is 0.780. The van der Waals surface area contributed by atoms with Crippen molar-refractivity contribution in [2.45, 2.75) is 73.1 Å². The van der Waals surface area contributed by atoms with Crippen molar-refractivity contribution < 1.29 is 0 Å². The van der Waals surface area contributed by atoms with E-state index >= 15 is 0 Å². The average Bonchev–Trinajstić information content (AvgIpc) is 3.16. The van der Waals surface area contributed by atoms with Crippen LogP contribution in [0.5, 0.6) is 0 Å². The Bertz CT molecular complexity index is 1470. The molecule has 1 aromatic heterocycles. The lowest BCUT2D eigenvalue weighted by Crippen LogP contribution is -2.16. The van der Waals surface area contributed by atoms with E-state index in [1.165, 1.54) is 66.8 Å². The van der Waals surface area contributed by atoms with Gasteiger partial charge in [-0.2, -0.15) is 0 Å². The van der Waals surface area contributed by atoms with Crippen molar-refractivity contribution >= 4 is 11.1 Å². The van der Waals surface area contributed by atoms with Gasteiger partial charge in [-0.3, -0.25) is 0 Å². The molecule has 0 amide bonds. The molecule has 0 saturated heterocycles. The van der Waals surface area contributed by atoms with E-state index in [0.717, 1.165) is 5.82 Å². The molecule has 0 spiro atoms. The summed E-state index contributed by atoms with van der Waals surface area (Å²) in [6.07, 6.45) is 3.71. The summed E-state index contributed by atoms with van der Waals surface area (Å²) in [5, 5.41) is 0. The molecule has 1 aliphatic carbocycles. The minimum absolute atomic E-state index is 0.190. The molecule has 1 aliphatic rings. The fourth-order valence-corrected chi connectivity index (χ4v) is 6.80. The van der Waals surface area contributed by atoms with Gasteiger partial charge in [-0.1, -0.05) is 76.2 Å². The zero-order valence-corrected chi connectivity index (χ0v) is 23.5. The van der Waals surface area contributed by atoms with Gasteiger partial charge in [-0.25, -0.2) is 9.97 Å². The van der Waals surface area contributed by atoms with Crippen LogP contribution in [0.25, 0.3) is 22.5 Å². The van der Waals surface area contributed by atoms with Gasteiger partial charge in [0.2, 0.25) is 0 Å². The number of hydrogen-bond acceptors (Lipinski definition) is 2. The van der Waals surface area contributed by atoms with Gasteiger partial charge in [0, 0.05) is 23.9 Å². The van der Waals surface area contributed by atoms with E-state index in [9.17, 15) is 0 Å². The predicted molar refractivity (Wildman–Crippen MR) is 157 cm³/mol. The molecule has 1 atom stereocenters. The Labute approximate surface area is 222 Å². The third-order valence-corrected chi connectivity index (χ3v) is 8.17. The predicted octanol–water partition coefficient (Wildman–Crippen LogP) is 9.39. The number of aromatic nitrogens is 2. The maximum Gasteiger partial charge on any atom is 0.159 e. The van der Waals surface area contributed by atoms with Gasteiger partial charge in [0.15, 0.2) is 5.82 Å². The van der Waals surface area contributed by atoms with Gasteiger partial charge in [-0.05, 0) is 107 Å². The summed E-state index contributed by atoms with van der Waals surface area (Å²) in [5.41, 5.74) is 16.5. The molecule has 2 nitrogen and oxygen atoms in total. The first-order valence-corrected chi connectivity index (χ1v) is 13.5. The number of nitrogens with zero attached hydrogens (tertiary/aromatic N) is 2. The summed E-state index contributed by atoms with van der Waals surface area (Å²) < 4.78 is 0. The smallest absolute Gasteiger partial charge is 0.159 e. The van der Waals surface area contributed by atoms with E-state index in [-0.39, 0.29) is 5.92 Å². The summed E-state index contributed by atoms with van der Waals surface area (Å²) in [7, 11) is 0. The summed E-state index contributed by atoms with van der Waals surface area (Å²) >= 11 is 0. The normalized spacial score (nSPS) is 15.1. The van der Waals surface area contributed by atoms with Crippen molar-refractivity contribution in [2.75, 3.05) is 0 Å². The highest BCUT2D eigenvalue weighted by Gasteiger charge is 2.37. The van der Waals surface area contributed by atoms with Crippen molar-refractivity contribution in [3.8, 4) is 11.4 Å². The second-order valence-electron chi connectivity index (χ2n) is 11.1. The number of fused-ring (bicyclic) bond motifs is 1. The maximum atomic E-state index is 4.70. The quantitative estimate of drug-likeness (QED) is 0.281. The Balaban J connectivity index is 1.93. The first-order valence-electron chi connectivity index (χ1n) is 13.5. The fraction of sp³-hybridized carbons (Fsp3) is 0.314. The van der Waals surface area contributed by atoms with Crippen LogP contribution in [0.1, 0.15) is 102 Å². The lowest BCUT2D eigenvalue weighted by atomic mass is 9.71. The molecule has 0 radical (unpaired) electrons. The maximum absolute atomic E-state index is 4.70. The average molecular weight is 487 g/mol. The highest BCUT2D eigenvalue weighted by molar-refractivity contribution is 6.01. The van der Waals surface area contributed by atoms with Crippen LogP contribution in [0.15, 0.2) is 67.0 Å². The number of hydrogen-bond donors (Lipinski definition) is 0. The van der Waals surface area contributed by atoms with E-state index in [1.807, 2.05) is 18.5 Å². The fourth-order valence-electron chi connectivity index (χ4n) is 6.80. The molecular formula is C35H38N2. The molecule has 188 valence electrons. The molecule has 1 heterocycles. The van der Waals surface area contributed by atoms with E-state index in [4.69, 9.17) is 9.97 Å². The van der Waals surface area contributed by atoms with Crippen LogP contribution in [0.4, 0.5) is 0 Å². The Hall–Kier alpha value is -3.52. The van der Waals surface area contributed by atoms with Crippen LogP contribution in [0.2, 0.25) is 0 Å². The van der Waals surface area contributed by atoms with Crippen molar-refractivity contribution in [1.82, 2.24) is 9.97 Å². The molecule has 5 rings (SSSR count). The van der Waals surface area contributed by atoms with Crippen LogP contribution in [0, 0.1) is 20.8 Å². The van der Waals surface area contributed by atoms with Gasteiger partial charge in [0.05, 0.1) is 0 Å². The molecule has 0 N–H and O–H groups in total. The first kappa shape index (κ1) is 25.1. The summed E-state index contributed by atoms with van der Waals surface area (Å²) in [5.74, 6) is 1.74. The zero-order chi connectivity index (χ0) is 26.4. The zero-order valence-electron chi connectivity index (χ0n) is 23.5. The number of aryl methyl sites for hydroxylation is 1. The third-order valence-electron chi connectivity index (χ3n) is 8.17. The van der Waals surface area contributed by atoms with Crippen LogP contribution >= 0.6 is 0 Å². The summed E-state index contributed by atoms with van der Waals surface area (Å²) in [6, 6.07) is 19.8. The molecule has 1 unspecified atom stereocenters. The standard InChI is InChI=1S/C35H38N2/c1-20(2)29-24(7)31(35-36-18-13-19-37-35)25(8)30(21(3)4)34(29)33-28-17-12-11-16-27(28)23(6)32(33)26-15-10-9-14-22(26)5/h9-21,33H,1-8H3. The Kier molecular flexibility index (Phi) is 6.62. The summed E-state index contributed by atoms with van der Waals surface area (Å²) in [6.45, 7) is 18.5. The molecule has 4 aromatic rings. The van der Waals surface area contributed by atoms with Crippen molar-refractivity contribution in [3.05, 3.63) is 117 Å². The summed E-state index contributed by atoms with van der Waals surface area (Å²) in [4.78, 5) is 9.40. The van der Waals surface area contributed by atoms with Crippen LogP contribution < -0.4 is 0 Å². The second kappa shape index (κ2) is 9.74. The Morgan fingerprint density at radius 2 is 1.19 bits per heavy atom. The van der Waals surface area contributed by atoms with Crippen molar-refractivity contribution in [1.29, 1.82) is 0 Å². The third kappa shape index (κ3) is 4.03. The van der Waals surface area contributed by atoms with E-state index < -0.39 is 0 Å². The number of benzene rings is 3. The van der Waals surface area contributed by atoms with E-state index in [0.29, 0.717) is 11.8 Å². The Morgan fingerprint density at radius 1 is 0.649 bits per heavy atom. The minimum atomic E-state index is 0.190. The SMILES string of the molecule is CC1=C(c2ccccc2C)C(c2c(C(C)C)c(C)c(-c3ncccn3)c(C)c2C(C)C)c2ccccc21. The van der Waals surface area contributed by atoms with Gasteiger partial charge >= 0.3 is 0 Å². The monoisotopic (exact) mass is 486 g/mol. The van der Waals surface area contributed by atoms with Crippen LogP contribution in [-0.2, 0) is 0 Å². The van der Waals surface area contributed by atoms with E-state index in [1.54, 1.807) is 0 Å². The number of rotatable bonds is 5. The molecule has 0 aliphatic heterocycles. The van der Waals surface area contributed by atoms with Gasteiger partial charge < -0.3 is 0 Å². The molecule has 0 saturated carbocycles. The first-order chi connectivity index (χ1) is 17.7. The molecule has 0 fully saturated rings. The molecule has 3 aromatic carbocycles. The van der Waals surface area contributed by atoms with Crippen LogP contribution in [-0.4, -0.2) is 9.97 Å². The molecule has 2 heteroatoms. The Morgan fingerprint density at radius 3 is 1.76 bits per heavy atom. The minimum Gasteiger partial charge on any atom is -0.237 e. The number of allylic oxidation sites excluding steroid dienone is 2. The van der Waals surface area contributed by atoms with Gasteiger partial charge in [0.1, 0.15) is 0 Å². The second-order valence-corrected chi connectivity index (χ2v) is 11.1. The van der Waals surface area contributed by atoms with Crippen molar-refractivity contribution in [3.63, 3.8) is 0 Å². The molecule has 0 bridgehead atoms. The molecule has 37 heavy (non-hydrogen) atoms. The van der Waals surface area contributed by atoms with E-state index in [2.05, 4.69) is 104 Å². The highest BCUT2D eigenvalue weighted by atomic mass is 14.9. The lowest BCUT2D eigenvalue weighted by Gasteiger charge is -2.32. The van der Waals surface area contributed by atoms with Crippen LogP contribution in [0.3, 0.4) is 0 Å². The highest BCUT2D eigenvalue weighted by Crippen LogP contribution is 2.55. The topological polar surface area (TPSA) is 25.8 Å². The van der Waals surface area contributed by atoms with Gasteiger partial charge in [-0.15, -0.1) is 0 Å². The molecular weight excluding hydrogens is 448 g/mol.